The second-order valence-electron chi connectivity index (χ2n) is 3.18. The van der Waals surface area contributed by atoms with Crippen molar-refractivity contribution in [2.45, 2.75) is 0 Å². The van der Waals surface area contributed by atoms with Crippen molar-refractivity contribution in [2.24, 2.45) is 10.1 Å². The second kappa shape index (κ2) is 3.79. The van der Waals surface area contributed by atoms with Crippen LogP contribution in [0.25, 0.3) is 0 Å². The molecule has 0 aliphatic rings. The minimum absolute atomic E-state index is 0.419. The third-order valence-corrected chi connectivity index (χ3v) is 2.13. The normalized spacial score (nSPS) is 11.0. The van der Waals surface area contributed by atoms with Gasteiger partial charge in [-0.2, -0.15) is 4.36 Å². The van der Waals surface area contributed by atoms with Crippen LogP contribution in [0.5, 0.6) is 0 Å². The zero-order chi connectivity index (χ0) is 10.8. The number of nitrogens with two attached hydrogens (primary N) is 1. The van der Waals surface area contributed by atoms with Crippen molar-refractivity contribution in [3.8, 4) is 0 Å². The molecule has 0 aliphatic heterocycles. The highest BCUT2D eigenvalue weighted by molar-refractivity contribution is 7.92. The van der Waals surface area contributed by atoms with Gasteiger partial charge in [0.2, 0.25) is 5.91 Å². The number of amides is 1. The van der Waals surface area contributed by atoms with Crippen LogP contribution in [0.2, 0.25) is 0 Å². The van der Waals surface area contributed by atoms with Gasteiger partial charge in [0.05, 0.1) is 5.69 Å². The Balaban J connectivity index is 3.07. The van der Waals surface area contributed by atoms with E-state index in [0.29, 0.717) is 11.3 Å². The molecule has 0 saturated carbocycles. The molecule has 0 atom stereocenters. The number of carbonyl (C=O) groups is 1. The predicted molar refractivity (Wildman–Crippen MR) is 57.0 cm³/mol. The van der Waals surface area contributed by atoms with Gasteiger partial charge in [-0.15, -0.1) is 0 Å². The van der Waals surface area contributed by atoms with Crippen molar-refractivity contribution in [1.29, 1.82) is 0 Å². The van der Waals surface area contributed by atoms with Crippen molar-refractivity contribution in [3.05, 3.63) is 29.8 Å². The van der Waals surface area contributed by atoms with Gasteiger partial charge in [-0.3, -0.25) is 4.79 Å². The maximum Gasteiger partial charge on any atom is 0.248 e. The molecule has 0 aromatic heterocycles. The van der Waals surface area contributed by atoms with E-state index in [9.17, 15) is 9.00 Å². The molecular weight excluding hydrogens is 200 g/mol. The van der Waals surface area contributed by atoms with E-state index in [1.165, 1.54) is 0 Å². The zero-order valence-corrected chi connectivity index (χ0v) is 8.88. The SMILES string of the molecule is CS(C)(=O)=Nc1ccc(C(N)=O)cc1. The van der Waals surface area contributed by atoms with Gasteiger partial charge in [-0.05, 0) is 24.3 Å². The summed E-state index contributed by atoms with van der Waals surface area (Å²) in [5.74, 6) is -0.481. The van der Waals surface area contributed by atoms with Crippen LogP contribution < -0.4 is 5.73 Å². The summed E-state index contributed by atoms with van der Waals surface area (Å²) in [5.41, 5.74) is 6.07. The lowest BCUT2D eigenvalue weighted by Gasteiger charge is -1.98. The maximum absolute atomic E-state index is 11.3. The molecule has 0 spiro atoms. The van der Waals surface area contributed by atoms with Crippen LogP contribution in [0.3, 0.4) is 0 Å². The number of benzene rings is 1. The van der Waals surface area contributed by atoms with Gasteiger partial charge in [0.25, 0.3) is 0 Å². The van der Waals surface area contributed by atoms with Crippen molar-refractivity contribution < 1.29 is 9.00 Å². The van der Waals surface area contributed by atoms with Crippen LogP contribution in [-0.4, -0.2) is 22.6 Å². The molecular formula is C9H12N2O2S. The second-order valence-corrected chi connectivity index (χ2v) is 5.73. The van der Waals surface area contributed by atoms with Gasteiger partial charge in [0.15, 0.2) is 0 Å². The number of carbonyl (C=O) groups excluding carboxylic acids is 1. The Morgan fingerprint density at radius 2 is 1.79 bits per heavy atom. The van der Waals surface area contributed by atoms with E-state index in [-0.39, 0.29) is 0 Å². The average Bonchev–Trinajstić information content (AvgIpc) is 2.02. The standard InChI is InChI=1S/C9H12N2O2S/c1-14(2,13)11-8-5-3-7(4-6-8)9(10)12/h3-6H,1-2H3,(H2,10,12). The van der Waals surface area contributed by atoms with E-state index in [0.717, 1.165) is 0 Å². The monoisotopic (exact) mass is 212 g/mol. The van der Waals surface area contributed by atoms with Crippen molar-refractivity contribution in [1.82, 2.24) is 0 Å². The highest BCUT2D eigenvalue weighted by atomic mass is 32.2. The minimum atomic E-state index is -2.15. The Kier molecular flexibility index (Phi) is 2.90. The molecule has 1 rings (SSSR count). The largest absolute Gasteiger partial charge is 0.366 e. The molecule has 0 heterocycles. The Morgan fingerprint density at radius 3 is 2.14 bits per heavy atom. The van der Waals surface area contributed by atoms with E-state index in [1.807, 2.05) is 0 Å². The Labute approximate surface area is 83.3 Å². The highest BCUT2D eigenvalue weighted by Gasteiger charge is 1.99. The highest BCUT2D eigenvalue weighted by Crippen LogP contribution is 2.14. The molecule has 0 fully saturated rings. The molecule has 1 aromatic rings. The molecule has 76 valence electrons. The summed E-state index contributed by atoms with van der Waals surface area (Å²) in [5, 5.41) is 0. The number of rotatable bonds is 2. The summed E-state index contributed by atoms with van der Waals surface area (Å²) in [4.78, 5) is 10.7. The van der Waals surface area contributed by atoms with Crippen molar-refractivity contribution in [3.63, 3.8) is 0 Å². The van der Waals surface area contributed by atoms with Crippen LogP contribution in [0, 0.1) is 0 Å². The topological polar surface area (TPSA) is 72.5 Å². The zero-order valence-electron chi connectivity index (χ0n) is 8.06. The molecule has 4 nitrogen and oxygen atoms in total. The van der Waals surface area contributed by atoms with E-state index in [1.54, 1.807) is 36.8 Å². The van der Waals surface area contributed by atoms with Crippen LogP contribution in [0.1, 0.15) is 10.4 Å². The summed E-state index contributed by atoms with van der Waals surface area (Å²) in [7, 11) is -2.15. The minimum Gasteiger partial charge on any atom is -0.366 e. The lowest BCUT2D eigenvalue weighted by molar-refractivity contribution is 0.100. The van der Waals surface area contributed by atoms with E-state index < -0.39 is 15.6 Å². The third-order valence-electron chi connectivity index (χ3n) is 1.48. The summed E-state index contributed by atoms with van der Waals surface area (Å²) in [6, 6.07) is 6.36. The first-order valence-electron chi connectivity index (χ1n) is 3.95. The first kappa shape index (κ1) is 10.7. The fraction of sp³-hybridized carbons (Fsp3) is 0.222. The number of primary amides is 1. The van der Waals surface area contributed by atoms with Crippen LogP contribution in [-0.2, 0) is 9.73 Å². The van der Waals surface area contributed by atoms with Gasteiger partial charge in [-0.1, -0.05) is 0 Å². The first-order chi connectivity index (χ1) is 6.38. The first-order valence-corrected chi connectivity index (χ1v) is 6.28. The summed E-state index contributed by atoms with van der Waals surface area (Å²) < 4.78 is 15.3. The molecule has 1 amide bonds. The maximum atomic E-state index is 11.3. The van der Waals surface area contributed by atoms with Crippen LogP contribution in [0.4, 0.5) is 5.69 Å². The molecule has 0 unspecified atom stereocenters. The molecule has 5 heteroatoms. The van der Waals surface area contributed by atoms with Crippen LogP contribution >= 0.6 is 0 Å². The van der Waals surface area contributed by atoms with E-state index in [2.05, 4.69) is 4.36 Å². The lowest BCUT2D eigenvalue weighted by Crippen LogP contribution is -2.10. The Bertz CT molecular complexity index is 448. The molecule has 0 bridgehead atoms. The third kappa shape index (κ3) is 3.18. The van der Waals surface area contributed by atoms with Crippen molar-refractivity contribution >= 4 is 21.3 Å². The van der Waals surface area contributed by atoms with Gasteiger partial charge in [0.1, 0.15) is 0 Å². The fourth-order valence-corrected chi connectivity index (χ4v) is 1.57. The lowest BCUT2D eigenvalue weighted by atomic mass is 10.2. The smallest absolute Gasteiger partial charge is 0.248 e. The molecule has 0 radical (unpaired) electrons. The molecule has 2 N–H and O–H groups in total. The number of nitrogens with zero attached hydrogens (tertiary/aromatic N) is 1. The van der Waals surface area contributed by atoms with Gasteiger partial charge in [-0.25, -0.2) is 4.21 Å². The summed E-state index contributed by atoms with van der Waals surface area (Å²) >= 11 is 0. The van der Waals surface area contributed by atoms with Gasteiger partial charge in [0, 0.05) is 27.8 Å². The molecule has 0 saturated heterocycles. The molecule has 14 heavy (non-hydrogen) atoms. The number of hydrogen-bond donors (Lipinski definition) is 1. The Morgan fingerprint density at radius 1 is 1.29 bits per heavy atom. The van der Waals surface area contributed by atoms with Crippen LogP contribution in [0.15, 0.2) is 28.6 Å². The predicted octanol–water partition coefficient (Wildman–Crippen LogP) is 1.14. The van der Waals surface area contributed by atoms with E-state index in [4.69, 9.17) is 5.73 Å². The van der Waals surface area contributed by atoms with Gasteiger partial charge >= 0.3 is 0 Å². The van der Waals surface area contributed by atoms with E-state index >= 15 is 0 Å². The average molecular weight is 212 g/mol. The Hall–Kier alpha value is -1.36. The van der Waals surface area contributed by atoms with Crippen molar-refractivity contribution in [2.75, 3.05) is 12.5 Å². The van der Waals surface area contributed by atoms with Gasteiger partial charge < -0.3 is 5.73 Å². The fourth-order valence-electron chi connectivity index (χ4n) is 0.940. The number of hydrogen-bond acceptors (Lipinski definition) is 3. The summed E-state index contributed by atoms with van der Waals surface area (Å²) in [6.45, 7) is 0. The quantitative estimate of drug-likeness (QED) is 0.798. The molecule has 1 aromatic carbocycles. The summed E-state index contributed by atoms with van der Waals surface area (Å²) in [6.07, 6.45) is 3.10. The molecule has 0 aliphatic carbocycles.